The van der Waals surface area contributed by atoms with Gasteiger partial charge in [-0.1, -0.05) is 57.5 Å². The van der Waals surface area contributed by atoms with Gasteiger partial charge in [-0.15, -0.1) is 0 Å². The Balaban J connectivity index is 2.15. The summed E-state index contributed by atoms with van der Waals surface area (Å²) in [6.07, 6.45) is 5.32. The lowest BCUT2D eigenvalue weighted by molar-refractivity contribution is 0.0936. The molecule has 0 radical (unpaired) electrons. The van der Waals surface area contributed by atoms with E-state index in [1.807, 2.05) is 0 Å². The molecule has 21 heavy (non-hydrogen) atoms. The van der Waals surface area contributed by atoms with Gasteiger partial charge in [0.25, 0.3) is 0 Å². The molecule has 1 aromatic rings. The van der Waals surface area contributed by atoms with Gasteiger partial charge in [-0.25, -0.2) is 0 Å². The molecule has 3 atom stereocenters. The largest absolute Gasteiger partial charge is 0.309 e. The molecule has 0 amide bonds. The molecule has 3 unspecified atom stereocenters. The molecule has 1 aromatic carbocycles. The van der Waals surface area contributed by atoms with Crippen LogP contribution in [0.15, 0.2) is 30.3 Å². The second kappa shape index (κ2) is 8.55. The Morgan fingerprint density at radius 1 is 1.19 bits per heavy atom. The first-order chi connectivity index (χ1) is 10.3. The standard InChI is InChI=1S/C19H32N2/c1-4-16-11-10-14-21(15-16)18(5-2)19(20-6-3)17-12-8-7-9-13-17/h7-9,12-13,16,18-20H,4-6,10-11,14-15H2,1-3H3. The zero-order chi connectivity index (χ0) is 15.1. The summed E-state index contributed by atoms with van der Waals surface area (Å²) in [4.78, 5) is 2.75. The molecule has 0 aromatic heterocycles. The van der Waals surface area contributed by atoms with Gasteiger partial charge in [0, 0.05) is 18.6 Å². The highest BCUT2D eigenvalue weighted by Gasteiger charge is 2.30. The lowest BCUT2D eigenvalue weighted by Crippen LogP contribution is -2.48. The van der Waals surface area contributed by atoms with Gasteiger partial charge in [0.05, 0.1) is 0 Å². The molecule has 2 rings (SSSR count). The van der Waals surface area contributed by atoms with Gasteiger partial charge in [0.15, 0.2) is 0 Å². The third kappa shape index (κ3) is 4.31. The molecule has 2 nitrogen and oxygen atoms in total. The van der Waals surface area contributed by atoms with Crippen LogP contribution in [0.1, 0.15) is 58.1 Å². The Morgan fingerprint density at radius 2 is 1.95 bits per heavy atom. The van der Waals surface area contributed by atoms with Crippen molar-refractivity contribution in [1.82, 2.24) is 10.2 Å². The number of rotatable bonds is 7. The fourth-order valence-electron chi connectivity index (χ4n) is 3.79. The average molecular weight is 288 g/mol. The lowest BCUT2D eigenvalue weighted by atomic mass is 9.90. The van der Waals surface area contributed by atoms with Crippen LogP contribution in [-0.4, -0.2) is 30.6 Å². The SMILES string of the molecule is CCNC(c1ccccc1)C(CC)N1CCCC(CC)C1. The summed E-state index contributed by atoms with van der Waals surface area (Å²) >= 11 is 0. The molecular formula is C19H32N2. The first-order valence-corrected chi connectivity index (χ1v) is 8.82. The molecule has 1 saturated heterocycles. The summed E-state index contributed by atoms with van der Waals surface area (Å²) in [5.41, 5.74) is 1.44. The average Bonchev–Trinajstić information content (AvgIpc) is 2.56. The zero-order valence-corrected chi connectivity index (χ0v) is 14.0. The van der Waals surface area contributed by atoms with Crippen molar-refractivity contribution < 1.29 is 0 Å². The van der Waals surface area contributed by atoms with Gasteiger partial charge < -0.3 is 5.32 Å². The Hall–Kier alpha value is -0.860. The Kier molecular flexibility index (Phi) is 6.72. The number of piperidine rings is 1. The fraction of sp³-hybridized carbons (Fsp3) is 0.684. The van der Waals surface area contributed by atoms with Crippen LogP contribution in [0.3, 0.4) is 0 Å². The van der Waals surface area contributed by atoms with E-state index in [-0.39, 0.29) is 0 Å². The summed E-state index contributed by atoms with van der Waals surface area (Å²) in [5, 5.41) is 3.74. The number of nitrogens with zero attached hydrogens (tertiary/aromatic N) is 1. The molecular weight excluding hydrogens is 256 g/mol. The predicted octanol–water partition coefficient (Wildman–Crippen LogP) is 4.24. The van der Waals surface area contributed by atoms with E-state index in [4.69, 9.17) is 0 Å². The maximum absolute atomic E-state index is 3.74. The Morgan fingerprint density at radius 3 is 2.57 bits per heavy atom. The summed E-state index contributed by atoms with van der Waals surface area (Å²) in [7, 11) is 0. The molecule has 118 valence electrons. The number of nitrogens with one attached hydrogen (secondary N) is 1. The number of benzene rings is 1. The van der Waals surface area contributed by atoms with E-state index in [2.05, 4.69) is 61.3 Å². The zero-order valence-electron chi connectivity index (χ0n) is 14.0. The minimum atomic E-state index is 0.455. The normalized spacial score (nSPS) is 22.9. The first kappa shape index (κ1) is 16.5. The summed E-state index contributed by atoms with van der Waals surface area (Å²) < 4.78 is 0. The highest BCUT2D eigenvalue weighted by Crippen LogP contribution is 2.28. The van der Waals surface area contributed by atoms with Crippen LogP contribution in [0.5, 0.6) is 0 Å². The number of hydrogen-bond acceptors (Lipinski definition) is 2. The van der Waals surface area contributed by atoms with Crippen LogP contribution >= 0.6 is 0 Å². The maximum Gasteiger partial charge on any atom is 0.0477 e. The van der Waals surface area contributed by atoms with E-state index in [0.29, 0.717) is 12.1 Å². The molecule has 1 N–H and O–H groups in total. The van der Waals surface area contributed by atoms with E-state index in [1.165, 1.54) is 44.3 Å². The quantitative estimate of drug-likeness (QED) is 0.807. The smallest absolute Gasteiger partial charge is 0.0477 e. The van der Waals surface area contributed by atoms with Crippen molar-refractivity contribution in [2.24, 2.45) is 5.92 Å². The van der Waals surface area contributed by atoms with Gasteiger partial charge in [0.1, 0.15) is 0 Å². The fourth-order valence-corrected chi connectivity index (χ4v) is 3.79. The third-order valence-corrected chi connectivity index (χ3v) is 4.98. The predicted molar refractivity (Wildman–Crippen MR) is 91.5 cm³/mol. The molecule has 1 aliphatic rings. The molecule has 0 bridgehead atoms. The van der Waals surface area contributed by atoms with Crippen LogP contribution in [-0.2, 0) is 0 Å². The van der Waals surface area contributed by atoms with Gasteiger partial charge in [-0.05, 0) is 43.8 Å². The lowest BCUT2D eigenvalue weighted by Gasteiger charge is -2.42. The molecule has 1 aliphatic heterocycles. The summed E-state index contributed by atoms with van der Waals surface area (Å²) in [6, 6.07) is 12.1. The summed E-state index contributed by atoms with van der Waals surface area (Å²) in [6.45, 7) is 10.5. The second-order valence-corrected chi connectivity index (χ2v) is 6.33. The van der Waals surface area contributed by atoms with Crippen molar-refractivity contribution in [2.75, 3.05) is 19.6 Å². The van der Waals surface area contributed by atoms with Crippen LogP contribution in [0.4, 0.5) is 0 Å². The highest BCUT2D eigenvalue weighted by atomic mass is 15.2. The van der Waals surface area contributed by atoms with Gasteiger partial charge in [0.2, 0.25) is 0 Å². The van der Waals surface area contributed by atoms with Crippen LogP contribution in [0.25, 0.3) is 0 Å². The van der Waals surface area contributed by atoms with Crippen molar-refractivity contribution >= 4 is 0 Å². The van der Waals surface area contributed by atoms with Crippen molar-refractivity contribution in [3.63, 3.8) is 0 Å². The van der Waals surface area contributed by atoms with E-state index in [0.717, 1.165) is 12.5 Å². The van der Waals surface area contributed by atoms with Crippen molar-refractivity contribution in [3.05, 3.63) is 35.9 Å². The van der Waals surface area contributed by atoms with E-state index in [9.17, 15) is 0 Å². The number of likely N-dealkylation sites (N-methyl/N-ethyl adjacent to an activating group) is 1. The molecule has 2 heteroatoms. The Bertz CT molecular complexity index is 390. The van der Waals surface area contributed by atoms with E-state index in [1.54, 1.807) is 0 Å². The summed E-state index contributed by atoms with van der Waals surface area (Å²) in [5.74, 6) is 0.894. The van der Waals surface area contributed by atoms with E-state index < -0.39 is 0 Å². The minimum absolute atomic E-state index is 0.455. The molecule has 0 saturated carbocycles. The third-order valence-electron chi connectivity index (χ3n) is 4.98. The van der Waals surface area contributed by atoms with Crippen LogP contribution in [0, 0.1) is 5.92 Å². The van der Waals surface area contributed by atoms with E-state index >= 15 is 0 Å². The maximum atomic E-state index is 3.74. The topological polar surface area (TPSA) is 15.3 Å². The van der Waals surface area contributed by atoms with Crippen molar-refractivity contribution in [1.29, 1.82) is 0 Å². The van der Waals surface area contributed by atoms with Crippen molar-refractivity contribution in [3.8, 4) is 0 Å². The minimum Gasteiger partial charge on any atom is -0.309 e. The first-order valence-electron chi connectivity index (χ1n) is 8.82. The molecule has 0 aliphatic carbocycles. The number of likely N-dealkylation sites (tertiary alicyclic amines) is 1. The highest BCUT2D eigenvalue weighted by molar-refractivity contribution is 5.21. The van der Waals surface area contributed by atoms with Gasteiger partial charge in [-0.3, -0.25) is 4.90 Å². The van der Waals surface area contributed by atoms with Crippen LogP contribution < -0.4 is 5.32 Å². The number of hydrogen-bond donors (Lipinski definition) is 1. The Labute approximate surface area is 130 Å². The second-order valence-electron chi connectivity index (χ2n) is 6.33. The van der Waals surface area contributed by atoms with Crippen molar-refractivity contribution in [2.45, 2.75) is 58.5 Å². The van der Waals surface area contributed by atoms with Gasteiger partial charge >= 0.3 is 0 Å². The molecule has 1 fully saturated rings. The van der Waals surface area contributed by atoms with Crippen LogP contribution in [0.2, 0.25) is 0 Å². The molecule has 1 heterocycles. The monoisotopic (exact) mass is 288 g/mol. The molecule has 0 spiro atoms. The van der Waals surface area contributed by atoms with Gasteiger partial charge in [-0.2, -0.15) is 0 Å².